The third-order valence-electron chi connectivity index (χ3n) is 0.667. The molecule has 0 aromatic carbocycles. The number of nitrogens with zero attached hydrogens (tertiary/aromatic N) is 1. The molecule has 0 radical (unpaired) electrons. The van der Waals surface area contributed by atoms with Gasteiger partial charge in [0.1, 0.15) is 0 Å². The number of nitrogens with two attached hydrogens (primary N) is 1. The number of halogens is 1. The van der Waals surface area contributed by atoms with Crippen LogP contribution in [0.15, 0.2) is 0 Å². The van der Waals surface area contributed by atoms with Gasteiger partial charge in [-0.1, -0.05) is 0 Å². The molecule has 48 valence electrons. The van der Waals surface area contributed by atoms with E-state index < -0.39 is 0 Å². The molecule has 4 heteroatoms. The van der Waals surface area contributed by atoms with Crippen LogP contribution in [0.1, 0.15) is 6.92 Å². The first-order valence-electron chi connectivity index (χ1n) is 2.32. The summed E-state index contributed by atoms with van der Waals surface area (Å²) in [4.78, 5) is 10.3. The number of rotatable bonds is 2. The molecule has 1 amide bonds. The van der Waals surface area contributed by atoms with Crippen molar-refractivity contribution >= 4 is 17.7 Å². The third-order valence-corrected chi connectivity index (χ3v) is 1.07. The maximum Gasteiger partial charge on any atom is 0.233 e. The predicted octanol–water partition coefficient (Wildman–Crippen LogP) is -0.0526. The molecule has 0 heterocycles. The molecule has 0 aliphatic carbocycles. The Labute approximate surface area is 53.5 Å². The van der Waals surface area contributed by atoms with Gasteiger partial charge in [0, 0.05) is 31.8 Å². The Morgan fingerprint density at radius 2 is 2.38 bits per heavy atom. The lowest BCUT2D eigenvalue weighted by molar-refractivity contribution is -0.124. The zero-order valence-corrected chi connectivity index (χ0v) is 5.48. The van der Waals surface area contributed by atoms with E-state index in [1.165, 1.54) is 6.92 Å². The first kappa shape index (κ1) is 7.72. The van der Waals surface area contributed by atoms with Crippen molar-refractivity contribution in [2.24, 2.45) is 5.73 Å². The van der Waals surface area contributed by atoms with Crippen molar-refractivity contribution in [1.29, 1.82) is 0 Å². The molecule has 0 atom stereocenters. The molecule has 0 fully saturated rings. The maximum absolute atomic E-state index is 10.3. The van der Waals surface area contributed by atoms with Crippen LogP contribution in [-0.2, 0) is 4.79 Å². The van der Waals surface area contributed by atoms with Crippen LogP contribution in [-0.4, -0.2) is 23.4 Å². The Balaban J connectivity index is 3.32. The lowest BCUT2D eigenvalue weighted by atomic mass is 10.6. The molecule has 8 heavy (non-hydrogen) atoms. The van der Waals surface area contributed by atoms with E-state index in [1.807, 2.05) is 0 Å². The molecule has 0 bridgehead atoms. The number of hydrogen-bond acceptors (Lipinski definition) is 2. The number of carbonyl (C=O) groups is 1. The predicted molar refractivity (Wildman–Crippen MR) is 32.3 cm³/mol. The van der Waals surface area contributed by atoms with Crippen molar-refractivity contribution in [3.05, 3.63) is 0 Å². The highest BCUT2D eigenvalue weighted by Gasteiger charge is 2.00. The molecular formula is C4H9ClN2O. The van der Waals surface area contributed by atoms with E-state index in [-0.39, 0.29) is 5.91 Å². The summed E-state index contributed by atoms with van der Waals surface area (Å²) in [6, 6.07) is 0. The zero-order chi connectivity index (χ0) is 6.57. The lowest BCUT2D eigenvalue weighted by Gasteiger charge is -2.07. The minimum atomic E-state index is -0.169. The molecule has 0 rings (SSSR count). The van der Waals surface area contributed by atoms with E-state index in [2.05, 4.69) is 0 Å². The van der Waals surface area contributed by atoms with E-state index in [9.17, 15) is 4.79 Å². The van der Waals surface area contributed by atoms with Crippen LogP contribution in [0.3, 0.4) is 0 Å². The van der Waals surface area contributed by atoms with Crippen molar-refractivity contribution in [1.82, 2.24) is 4.42 Å². The van der Waals surface area contributed by atoms with Crippen LogP contribution in [0.4, 0.5) is 0 Å². The van der Waals surface area contributed by atoms with Gasteiger partial charge in [-0.15, -0.1) is 0 Å². The summed E-state index contributed by atoms with van der Waals surface area (Å²) < 4.78 is 1.06. The fourth-order valence-corrected chi connectivity index (χ4v) is 0.368. The Bertz CT molecular complexity index is 86.1. The quantitative estimate of drug-likeness (QED) is 0.541. The second kappa shape index (κ2) is 3.69. The van der Waals surface area contributed by atoms with Gasteiger partial charge >= 0.3 is 0 Å². The average molecular weight is 137 g/mol. The first-order chi connectivity index (χ1) is 3.68. The Morgan fingerprint density at radius 1 is 1.88 bits per heavy atom. The van der Waals surface area contributed by atoms with Gasteiger partial charge in [0.05, 0.1) is 0 Å². The molecular weight excluding hydrogens is 128 g/mol. The van der Waals surface area contributed by atoms with Crippen LogP contribution in [0.25, 0.3) is 0 Å². The monoisotopic (exact) mass is 136 g/mol. The van der Waals surface area contributed by atoms with Crippen molar-refractivity contribution in [2.75, 3.05) is 13.1 Å². The van der Waals surface area contributed by atoms with Gasteiger partial charge in [-0.2, -0.15) is 0 Å². The SMILES string of the molecule is CC(=O)N(Cl)CCN. The van der Waals surface area contributed by atoms with Gasteiger partial charge in [-0.05, 0) is 0 Å². The van der Waals surface area contributed by atoms with Crippen LogP contribution >= 0.6 is 11.8 Å². The largest absolute Gasteiger partial charge is 0.329 e. The fourth-order valence-electron chi connectivity index (χ4n) is 0.271. The highest BCUT2D eigenvalue weighted by atomic mass is 35.5. The molecule has 0 aromatic rings. The van der Waals surface area contributed by atoms with E-state index in [0.29, 0.717) is 13.1 Å². The maximum atomic E-state index is 10.3. The Kier molecular flexibility index (Phi) is 3.56. The summed E-state index contributed by atoms with van der Waals surface area (Å²) in [5.41, 5.74) is 5.09. The van der Waals surface area contributed by atoms with Crippen molar-refractivity contribution < 1.29 is 4.79 Å². The summed E-state index contributed by atoms with van der Waals surface area (Å²) in [5.74, 6) is -0.169. The molecule has 0 saturated heterocycles. The van der Waals surface area contributed by atoms with Gasteiger partial charge in [-0.25, -0.2) is 0 Å². The standard InChI is InChI=1S/C4H9ClN2O/c1-4(8)7(5)3-2-6/h2-3,6H2,1H3. The summed E-state index contributed by atoms with van der Waals surface area (Å²) in [7, 11) is 0. The smallest absolute Gasteiger partial charge is 0.233 e. The summed E-state index contributed by atoms with van der Waals surface area (Å²) >= 11 is 5.32. The number of carbonyl (C=O) groups excluding carboxylic acids is 1. The minimum absolute atomic E-state index is 0.169. The lowest BCUT2D eigenvalue weighted by Crippen LogP contribution is -2.24. The second-order valence-electron chi connectivity index (χ2n) is 1.39. The third kappa shape index (κ3) is 2.82. The number of amides is 1. The first-order valence-corrected chi connectivity index (χ1v) is 2.66. The van der Waals surface area contributed by atoms with Crippen molar-refractivity contribution in [3.8, 4) is 0 Å². The molecule has 0 spiro atoms. The normalized spacial score (nSPS) is 8.88. The highest BCUT2D eigenvalue weighted by molar-refractivity contribution is 6.20. The van der Waals surface area contributed by atoms with E-state index >= 15 is 0 Å². The highest BCUT2D eigenvalue weighted by Crippen LogP contribution is 1.90. The van der Waals surface area contributed by atoms with E-state index in [0.717, 1.165) is 4.42 Å². The molecule has 0 aliphatic rings. The van der Waals surface area contributed by atoms with Crippen molar-refractivity contribution in [3.63, 3.8) is 0 Å². The molecule has 2 N–H and O–H groups in total. The van der Waals surface area contributed by atoms with Gasteiger partial charge in [-0.3, -0.25) is 9.21 Å². The molecule has 0 unspecified atom stereocenters. The van der Waals surface area contributed by atoms with Crippen LogP contribution in [0.2, 0.25) is 0 Å². The van der Waals surface area contributed by atoms with E-state index in [4.69, 9.17) is 17.5 Å². The van der Waals surface area contributed by atoms with Gasteiger partial charge in [0.15, 0.2) is 0 Å². The Hall–Kier alpha value is -0.280. The van der Waals surface area contributed by atoms with Crippen LogP contribution < -0.4 is 5.73 Å². The molecule has 0 aliphatic heterocycles. The molecule has 3 nitrogen and oxygen atoms in total. The topological polar surface area (TPSA) is 46.3 Å². The van der Waals surface area contributed by atoms with Gasteiger partial charge in [0.25, 0.3) is 0 Å². The van der Waals surface area contributed by atoms with Crippen LogP contribution in [0.5, 0.6) is 0 Å². The van der Waals surface area contributed by atoms with E-state index in [1.54, 1.807) is 0 Å². The Morgan fingerprint density at radius 3 is 2.50 bits per heavy atom. The fraction of sp³-hybridized carbons (Fsp3) is 0.750. The molecule has 0 aromatic heterocycles. The van der Waals surface area contributed by atoms with Crippen molar-refractivity contribution in [2.45, 2.75) is 6.92 Å². The summed E-state index contributed by atoms with van der Waals surface area (Å²) in [5, 5.41) is 0. The summed E-state index contributed by atoms with van der Waals surface area (Å²) in [6.45, 7) is 2.21. The van der Waals surface area contributed by atoms with Gasteiger partial charge < -0.3 is 5.73 Å². The second-order valence-corrected chi connectivity index (χ2v) is 1.80. The summed E-state index contributed by atoms with van der Waals surface area (Å²) in [6.07, 6.45) is 0. The zero-order valence-electron chi connectivity index (χ0n) is 4.72. The average Bonchev–Trinajstić information content (AvgIpc) is 1.67. The number of hydrogen-bond donors (Lipinski definition) is 1. The molecule has 0 saturated carbocycles. The van der Waals surface area contributed by atoms with Gasteiger partial charge in [0.2, 0.25) is 5.91 Å². The van der Waals surface area contributed by atoms with Crippen LogP contribution in [0, 0.1) is 0 Å². The minimum Gasteiger partial charge on any atom is -0.329 e.